The van der Waals surface area contributed by atoms with E-state index in [1.807, 2.05) is 0 Å². The van der Waals surface area contributed by atoms with Crippen molar-refractivity contribution in [3.8, 4) is 40.3 Å². The maximum absolute atomic E-state index is 14.3. The number of hydrogen-bond acceptors (Lipinski definition) is 14. The van der Waals surface area contributed by atoms with Gasteiger partial charge < -0.3 is 33.3 Å². The highest BCUT2D eigenvalue weighted by Gasteiger charge is 2.28. The lowest BCUT2D eigenvalue weighted by Gasteiger charge is -2.27. The summed E-state index contributed by atoms with van der Waals surface area (Å²) in [6.07, 6.45) is 2.55. The Kier molecular flexibility index (Phi) is 13.1. The summed E-state index contributed by atoms with van der Waals surface area (Å²) in [5.41, 5.74) is 0.677. The van der Waals surface area contributed by atoms with Gasteiger partial charge in [0.05, 0.1) is 37.9 Å². The lowest BCUT2D eigenvalue weighted by molar-refractivity contribution is 0.0300. The number of sulfonamides is 1. The molecule has 0 unspecified atom stereocenters. The maximum atomic E-state index is 14.3. The van der Waals surface area contributed by atoms with E-state index in [0.29, 0.717) is 54.1 Å². The quantitative estimate of drug-likeness (QED) is 0.0930. The zero-order chi connectivity index (χ0) is 39.5. The van der Waals surface area contributed by atoms with Crippen molar-refractivity contribution in [3.05, 3.63) is 96.7 Å². The summed E-state index contributed by atoms with van der Waals surface area (Å²) in [6.45, 7) is 1.04. The molecule has 292 valence electrons. The van der Waals surface area contributed by atoms with Crippen LogP contribution >= 0.6 is 11.8 Å². The number of carbonyl (C=O) groups is 2. The van der Waals surface area contributed by atoms with Crippen LogP contribution in [0.25, 0.3) is 11.4 Å². The van der Waals surface area contributed by atoms with Gasteiger partial charge in [0.1, 0.15) is 24.8 Å². The van der Waals surface area contributed by atoms with Crippen LogP contribution in [0.15, 0.2) is 101 Å². The van der Waals surface area contributed by atoms with Crippen molar-refractivity contribution >= 4 is 45.4 Å². The van der Waals surface area contributed by atoms with E-state index < -0.39 is 16.1 Å². The van der Waals surface area contributed by atoms with E-state index in [2.05, 4.69) is 25.0 Å². The number of amides is 2. The highest BCUT2D eigenvalue weighted by Crippen LogP contribution is 2.42. The van der Waals surface area contributed by atoms with E-state index in [1.165, 1.54) is 44.3 Å². The summed E-state index contributed by atoms with van der Waals surface area (Å²) in [7, 11) is -1.52. The van der Waals surface area contributed by atoms with E-state index in [9.17, 15) is 18.0 Å². The first-order valence-corrected chi connectivity index (χ1v) is 19.8. The molecular weight excluding hydrogens is 765 g/mol. The predicted octanol–water partition coefficient (Wildman–Crippen LogP) is 5.97. The molecule has 56 heavy (non-hydrogen) atoms. The number of ether oxygens (including phenoxy) is 6. The Balaban J connectivity index is 1.39. The van der Waals surface area contributed by atoms with E-state index >= 15 is 0 Å². The molecule has 0 radical (unpaired) electrons. The highest BCUT2D eigenvalue weighted by atomic mass is 32.2. The summed E-state index contributed by atoms with van der Waals surface area (Å²) in [4.78, 5) is 41.3. The van der Waals surface area contributed by atoms with Gasteiger partial charge in [0.15, 0.2) is 23.1 Å². The summed E-state index contributed by atoms with van der Waals surface area (Å²) in [5, 5.41) is 2.51. The maximum Gasteiger partial charge on any atom is 0.412 e. The van der Waals surface area contributed by atoms with Gasteiger partial charge in [-0.15, -0.1) is 11.8 Å². The molecule has 0 aliphatic carbocycles. The number of carbonyl (C=O) groups excluding carboxylic acids is 2. The Morgan fingerprint density at radius 1 is 0.893 bits per heavy atom. The Morgan fingerprint density at radius 3 is 2.41 bits per heavy atom. The van der Waals surface area contributed by atoms with Crippen molar-refractivity contribution in [2.45, 2.75) is 9.79 Å². The molecule has 2 amide bonds. The molecule has 0 spiro atoms. The second kappa shape index (κ2) is 18.5. The van der Waals surface area contributed by atoms with Gasteiger partial charge in [-0.1, -0.05) is 30.3 Å². The number of morpholine rings is 1. The molecule has 5 aromatic rings. The van der Waals surface area contributed by atoms with Crippen LogP contribution in [0.1, 0.15) is 10.4 Å². The first-order chi connectivity index (χ1) is 27.2. The number of hydrogen-bond donors (Lipinski definition) is 2. The summed E-state index contributed by atoms with van der Waals surface area (Å²) < 4.78 is 65.0. The molecule has 0 atom stereocenters. The standard InChI is InChI=1S/C38H38N6O10S2/c1-49-26-10-8-9-25(23-26)34-41-35(43-56(47,48)27-14-15-31(55-3)28(24-27)37(45)44-17-19-51-20-18-44)33(54-30-12-5-4-11-29(30)50-2)36(42-34)52-21-22-53-38(46)40-32-13-6-7-16-39-32/h4-16,23-24H,17-22H2,1-3H3,(H,39,40,46)(H,41,42,43). The van der Waals surface area contributed by atoms with Crippen molar-refractivity contribution in [1.82, 2.24) is 19.9 Å². The molecule has 3 aromatic carbocycles. The number of rotatable bonds is 15. The van der Waals surface area contributed by atoms with Gasteiger partial charge in [0.25, 0.3) is 21.8 Å². The third kappa shape index (κ3) is 9.76. The fraction of sp³-hybridized carbons (Fsp3) is 0.237. The number of nitrogens with one attached hydrogen (secondary N) is 2. The largest absolute Gasteiger partial charge is 0.497 e. The second-order valence-corrected chi connectivity index (χ2v) is 14.2. The van der Waals surface area contributed by atoms with Crippen molar-refractivity contribution in [2.75, 3.05) is 70.0 Å². The molecule has 1 aliphatic heterocycles. The van der Waals surface area contributed by atoms with Crippen LogP contribution < -0.4 is 29.0 Å². The van der Waals surface area contributed by atoms with Crippen LogP contribution in [0, 0.1) is 0 Å². The first-order valence-electron chi connectivity index (χ1n) is 17.1. The number of nitrogens with zero attached hydrogens (tertiary/aromatic N) is 4. The Hall–Kier alpha value is -6.11. The number of benzene rings is 3. The average molecular weight is 803 g/mol. The first kappa shape index (κ1) is 39.6. The Morgan fingerprint density at radius 2 is 1.68 bits per heavy atom. The summed E-state index contributed by atoms with van der Waals surface area (Å²) in [5.74, 6) is 0.282. The number of methoxy groups -OCH3 is 2. The zero-order valence-electron chi connectivity index (χ0n) is 30.6. The molecule has 16 nitrogen and oxygen atoms in total. The smallest absolute Gasteiger partial charge is 0.412 e. The molecule has 1 saturated heterocycles. The molecule has 6 rings (SSSR count). The highest BCUT2D eigenvalue weighted by molar-refractivity contribution is 7.98. The fourth-order valence-electron chi connectivity index (χ4n) is 5.39. The van der Waals surface area contributed by atoms with Gasteiger partial charge in [-0.05, 0) is 60.9 Å². The average Bonchev–Trinajstić information content (AvgIpc) is 3.23. The van der Waals surface area contributed by atoms with Gasteiger partial charge in [-0.3, -0.25) is 14.8 Å². The number of aromatic nitrogens is 3. The molecule has 2 N–H and O–H groups in total. The third-order valence-corrected chi connectivity index (χ3v) is 10.3. The van der Waals surface area contributed by atoms with Crippen LogP contribution in [0.2, 0.25) is 0 Å². The Bertz CT molecular complexity index is 2280. The summed E-state index contributed by atoms with van der Waals surface area (Å²) in [6, 6.07) is 22.8. The van der Waals surface area contributed by atoms with Gasteiger partial charge in [-0.2, -0.15) is 4.98 Å². The monoisotopic (exact) mass is 802 g/mol. The molecule has 3 heterocycles. The normalized spacial score (nSPS) is 12.7. The fourth-order valence-corrected chi connectivity index (χ4v) is 6.99. The van der Waals surface area contributed by atoms with Gasteiger partial charge >= 0.3 is 6.09 Å². The van der Waals surface area contributed by atoms with Crippen molar-refractivity contribution in [3.63, 3.8) is 0 Å². The molecule has 18 heteroatoms. The minimum Gasteiger partial charge on any atom is -0.497 e. The third-order valence-electron chi connectivity index (χ3n) is 8.13. The number of anilines is 2. The van der Waals surface area contributed by atoms with Crippen molar-refractivity contribution < 1.29 is 46.4 Å². The molecule has 2 aromatic heterocycles. The minimum atomic E-state index is -4.47. The van der Waals surface area contributed by atoms with Gasteiger partial charge in [0, 0.05) is 29.7 Å². The second-order valence-electron chi connectivity index (χ2n) is 11.7. The SMILES string of the molecule is COc1cccc(-c2nc(NS(=O)(=O)c3ccc(SC)c(C(=O)N4CCOCC4)c3)c(Oc3ccccc3OC)c(OCCOC(=O)Nc3ccccn3)n2)c1. The van der Waals surface area contributed by atoms with Gasteiger partial charge in [0.2, 0.25) is 5.75 Å². The van der Waals surface area contributed by atoms with Crippen molar-refractivity contribution in [2.24, 2.45) is 0 Å². The topological polar surface area (TPSA) is 190 Å². The van der Waals surface area contributed by atoms with Crippen LogP contribution in [0.3, 0.4) is 0 Å². The van der Waals surface area contributed by atoms with E-state index in [4.69, 9.17) is 28.4 Å². The molecule has 0 bridgehead atoms. The van der Waals surface area contributed by atoms with E-state index in [1.54, 1.807) is 84.0 Å². The molecular formula is C38H38N6O10S2. The lowest BCUT2D eigenvalue weighted by atomic mass is 10.2. The van der Waals surface area contributed by atoms with E-state index in [0.717, 1.165) is 0 Å². The number of pyridine rings is 1. The molecule has 1 fully saturated rings. The Labute approximate surface area is 327 Å². The van der Waals surface area contributed by atoms with Crippen LogP contribution in [0.5, 0.6) is 28.9 Å². The van der Waals surface area contributed by atoms with Crippen LogP contribution in [-0.2, 0) is 19.5 Å². The minimum absolute atomic E-state index is 0.0405. The molecule has 1 aliphatic rings. The number of thioether (sulfide) groups is 1. The number of para-hydroxylation sites is 2. The van der Waals surface area contributed by atoms with E-state index in [-0.39, 0.29) is 58.6 Å². The predicted molar refractivity (Wildman–Crippen MR) is 208 cm³/mol. The van der Waals surface area contributed by atoms with Gasteiger partial charge in [-0.25, -0.2) is 23.2 Å². The lowest BCUT2D eigenvalue weighted by Crippen LogP contribution is -2.41. The zero-order valence-corrected chi connectivity index (χ0v) is 32.2. The van der Waals surface area contributed by atoms with Crippen LogP contribution in [0.4, 0.5) is 16.4 Å². The summed E-state index contributed by atoms with van der Waals surface area (Å²) >= 11 is 1.32. The molecule has 0 saturated carbocycles. The van der Waals surface area contributed by atoms with Crippen molar-refractivity contribution in [1.29, 1.82) is 0 Å². The van der Waals surface area contributed by atoms with Crippen LogP contribution in [-0.4, -0.2) is 100 Å².